The van der Waals surface area contributed by atoms with Crippen LogP contribution in [0.3, 0.4) is 0 Å². The van der Waals surface area contributed by atoms with Crippen LogP contribution < -0.4 is 15.0 Å². The highest BCUT2D eigenvalue weighted by molar-refractivity contribution is 8.26. The molecule has 5 rings (SSSR count). The number of methoxy groups -OCH3 is 1. The molecule has 1 aliphatic heterocycles. The summed E-state index contributed by atoms with van der Waals surface area (Å²) < 4.78 is 13.2. The van der Waals surface area contributed by atoms with Gasteiger partial charge < -0.3 is 14.6 Å². The normalized spacial score (nSPS) is 14.2. The van der Waals surface area contributed by atoms with E-state index in [1.165, 1.54) is 11.7 Å². The maximum Gasteiger partial charge on any atom is 0.323 e. The van der Waals surface area contributed by atoms with Crippen LogP contribution in [0, 0.1) is 0 Å². The van der Waals surface area contributed by atoms with Crippen LogP contribution in [0.1, 0.15) is 11.4 Å². The number of carbonyl (C=O) groups is 2. The van der Waals surface area contributed by atoms with Crippen molar-refractivity contribution in [2.45, 2.75) is 6.61 Å². The van der Waals surface area contributed by atoms with Gasteiger partial charge in [-0.25, -0.2) is 4.98 Å². The Bertz CT molecular complexity index is 1770. The van der Waals surface area contributed by atoms with E-state index in [-0.39, 0.29) is 16.5 Å². The van der Waals surface area contributed by atoms with Crippen LogP contribution in [0.2, 0.25) is 5.02 Å². The van der Waals surface area contributed by atoms with Gasteiger partial charge in [0.15, 0.2) is 17.3 Å². The van der Waals surface area contributed by atoms with E-state index in [0.717, 1.165) is 16.7 Å². The molecule has 1 aromatic heterocycles. The van der Waals surface area contributed by atoms with Gasteiger partial charge in [-0.05, 0) is 54.1 Å². The van der Waals surface area contributed by atoms with E-state index in [1.807, 2.05) is 0 Å². The van der Waals surface area contributed by atoms with Crippen LogP contribution in [-0.2, 0) is 16.2 Å². The lowest BCUT2D eigenvalue weighted by Crippen LogP contribution is -2.33. The first kappa shape index (κ1) is 27.4. The van der Waals surface area contributed by atoms with Gasteiger partial charge in [0.05, 0.1) is 28.6 Å². The molecule has 202 valence electrons. The molecule has 9 nitrogen and oxygen atoms in total. The third kappa shape index (κ3) is 5.57. The molecular formula is C28H20ClN3O6S2. The van der Waals surface area contributed by atoms with Crippen molar-refractivity contribution in [3.05, 3.63) is 98.4 Å². The molecule has 0 radical (unpaired) electrons. The third-order valence-corrected chi connectivity index (χ3v) is 7.53. The van der Waals surface area contributed by atoms with Gasteiger partial charge in [0.2, 0.25) is 0 Å². The van der Waals surface area contributed by atoms with E-state index in [9.17, 15) is 14.4 Å². The number of benzene rings is 3. The summed E-state index contributed by atoms with van der Waals surface area (Å²) in [7, 11) is 1.48. The highest BCUT2D eigenvalue weighted by Crippen LogP contribution is 2.35. The quantitative estimate of drug-likeness (QED) is 0.225. The number of amides is 1. The van der Waals surface area contributed by atoms with Crippen molar-refractivity contribution in [1.29, 1.82) is 0 Å². The van der Waals surface area contributed by atoms with Crippen molar-refractivity contribution in [2.24, 2.45) is 0 Å². The Balaban J connectivity index is 1.45. The molecule has 0 unspecified atom stereocenters. The maximum atomic E-state index is 13.5. The largest absolute Gasteiger partial charge is 0.493 e. The number of halogens is 1. The van der Waals surface area contributed by atoms with Gasteiger partial charge in [-0.2, -0.15) is 0 Å². The Morgan fingerprint density at radius 3 is 2.65 bits per heavy atom. The smallest absolute Gasteiger partial charge is 0.323 e. The van der Waals surface area contributed by atoms with Crippen molar-refractivity contribution in [1.82, 2.24) is 14.5 Å². The first-order valence-corrected chi connectivity index (χ1v) is 13.4. The van der Waals surface area contributed by atoms with Crippen molar-refractivity contribution < 1.29 is 24.2 Å². The molecule has 4 aromatic rings. The summed E-state index contributed by atoms with van der Waals surface area (Å²) in [6, 6.07) is 19.0. The van der Waals surface area contributed by atoms with E-state index >= 15 is 0 Å². The van der Waals surface area contributed by atoms with Gasteiger partial charge in [0.1, 0.15) is 17.5 Å². The number of rotatable bonds is 8. The average Bonchev–Trinajstić information content (AvgIpc) is 3.19. The molecule has 1 N–H and O–H groups in total. The van der Waals surface area contributed by atoms with Gasteiger partial charge in [-0.15, -0.1) is 0 Å². The molecule has 0 spiro atoms. The Labute approximate surface area is 242 Å². The lowest BCUT2D eigenvalue weighted by Gasteiger charge is -2.16. The number of carboxylic acid groups (broad SMARTS) is 1. The molecule has 1 fully saturated rings. The predicted molar refractivity (Wildman–Crippen MR) is 157 cm³/mol. The SMILES string of the molecule is COc1cc(/C=C2/SC(=S)N(CC(=O)O)C2=O)ccc1OCc1nc2ccccc2c(=O)n1-c1cccc(Cl)c1. The second-order valence-corrected chi connectivity index (χ2v) is 10.6. The molecule has 40 heavy (non-hydrogen) atoms. The molecule has 0 aliphatic carbocycles. The zero-order valence-electron chi connectivity index (χ0n) is 20.9. The van der Waals surface area contributed by atoms with Gasteiger partial charge in [0, 0.05) is 5.02 Å². The molecule has 0 saturated carbocycles. The first-order valence-electron chi connectivity index (χ1n) is 11.8. The zero-order valence-corrected chi connectivity index (χ0v) is 23.3. The fourth-order valence-corrected chi connectivity index (χ4v) is 5.56. The Hall–Kier alpha value is -4.19. The molecule has 3 aromatic carbocycles. The number of thiocarbonyl (C=S) groups is 1. The molecule has 0 bridgehead atoms. The molecule has 1 amide bonds. The lowest BCUT2D eigenvalue weighted by molar-refractivity contribution is -0.140. The number of aromatic nitrogens is 2. The van der Waals surface area contributed by atoms with Gasteiger partial charge in [-0.1, -0.05) is 59.8 Å². The summed E-state index contributed by atoms with van der Waals surface area (Å²) in [6.07, 6.45) is 1.61. The van der Waals surface area contributed by atoms with Crippen LogP contribution in [-0.4, -0.2) is 49.4 Å². The van der Waals surface area contributed by atoms with Gasteiger partial charge in [0.25, 0.3) is 11.5 Å². The first-order chi connectivity index (χ1) is 19.2. The molecule has 2 heterocycles. The van der Waals surface area contributed by atoms with Crippen molar-refractivity contribution >= 4 is 68.8 Å². The van der Waals surface area contributed by atoms with Crippen molar-refractivity contribution in [2.75, 3.05) is 13.7 Å². The minimum Gasteiger partial charge on any atom is -0.493 e. The number of hydrogen-bond acceptors (Lipinski definition) is 8. The number of thioether (sulfide) groups is 1. The molecule has 0 atom stereocenters. The number of aliphatic carboxylic acids is 1. The van der Waals surface area contributed by atoms with Crippen LogP contribution in [0.4, 0.5) is 0 Å². The maximum absolute atomic E-state index is 13.5. The number of nitrogens with zero attached hydrogens (tertiary/aromatic N) is 3. The standard InChI is InChI=1S/C28H20ClN3O6S2/c1-37-22-11-16(12-23-27(36)31(14-25(33)34)28(39)40-23)9-10-21(22)38-15-24-30-20-8-3-2-7-19(20)26(35)32(24)18-6-4-5-17(29)13-18/h2-13H,14-15H2,1H3,(H,33,34)/b23-12+. The summed E-state index contributed by atoms with van der Waals surface area (Å²) in [5.74, 6) is -0.495. The number of carboxylic acids is 1. The second-order valence-electron chi connectivity index (χ2n) is 8.53. The average molecular weight is 594 g/mol. The van der Waals surface area contributed by atoms with E-state index in [2.05, 4.69) is 4.98 Å². The summed E-state index contributed by atoms with van der Waals surface area (Å²) in [5.41, 5.74) is 1.46. The Kier molecular flexibility index (Phi) is 7.88. The fraction of sp³-hybridized carbons (Fsp3) is 0.107. The van der Waals surface area contributed by atoms with Crippen LogP contribution in [0.15, 0.2) is 76.4 Å². The molecule has 12 heteroatoms. The fourth-order valence-electron chi connectivity index (χ4n) is 4.12. The lowest BCUT2D eigenvalue weighted by atomic mass is 10.2. The van der Waals surface area contributed by atoms with E-state index in [0.29, 0.717) is 49.4 Å². The Morgan fingerprint density at radius 1 is 1.10 bits per heavy atom. The predicted octanol–water partition coefficient (Wildman–Crippen LogP) is 4.91. The molecule has 1 saturated heterocycles. The van der Waals surface area contributed by atoms with E-state index in [1.54, 1.807) is 72.8 Å². The number of para-hydroxylation sites is 1. The Morgan fingerprint density at radius 2 is 1.90 bits per heavy atom. The summed E-state index contributed by atoms with van der Waals surface area (Å²) >= 11 is 12.4. The zero-order chi connectivity index (χ0) is 28.4. The number of hydrogen-bond donors (Lipinski definition) is 1. The molecular weight excluding hydrogens is 574 g/mol. The van der Waals surface area contributed by atoms with Crippen LogP contribution in [0.25, 0.3) is 22.7 Å². The van der Waals surface area contributed by atoms with Crippen LogP contribution >= 0.6 is 35.6 Å². The second kappa shape index (κ2) is 11.5. The van der Waals surface area contributed by atoms with Crippen molar-refractivity contribution in [3.8, 4) is 17.2 Å². The monoisotopic (exact) mass is 593 g/mol. The minimum absolute atomic E-state index is 0.0594. The summed E-state index contributed by atoms with van der Waals surface area (Å²) in [6.45, 7) is -0.558. The van der Waals surface area contributed by atoms with Crippen molar-refractivity contribution in [3.63, 3.8) is 0 Å². The van der Waals surface area contributed by atoms with Gasteiger partial charge >= 0.3 is 5.97 Å². The molecule has 1 aliphatic rings. The number of fused-ring (bicyclic) bond motifs is 1. The number of ether oxygens (including phenoxy) is 2. The van der Waals surface area contributed by atoms with E-state index in [4.69, 9.17) is 38.4 Å². The minimum atomic E-state index is -1.15. The summed E-state index contributed by atoms with van der Waals surface area (Å²) in [5, 5.41) is 9.97. The highest BCUT2D eigenvalue weighted by Gasteiger charge is 2.33. The highest BCUT2D eigenvalue weighted by atomic mass is 35.5. The topological polar surface area (TPSA) is 111 Å². The number of carbonyl (C=O) groups excluding carboxylic acids is 1. The van der Waals surface area contributed by atoms with E-state index < -0.39 is 18.4 Å². The third-order valence-electron chi connectivity index (χ3n) is 5.92. The van der Waals surface area contributed by atoms with Crippen LogP contribution in [0.5, 0.6) is 11.5 Å². The summed E-state index contributed by atoms with van der Waals surface area (Å²) in [4.78, 5) is 43.2. The van der Waals surface area contributed by atoms with Gasteiger partial charge in [-0.3, -0.25) is 23.9 Å².